The van der Waals surface area contributed by atoms with Crippen LogP contribution in [0, 0.1) is 0 Å². The molecule has 2 aromatic heterocycles. The summed E-state index contributed by atoms with van der Waals surface area (Å²) in [5.41, 5.74) is 2.44. The van der Waals surface area contributed by atoms with Crippen molar-refractivity contribution in [2.45, 2.75) is 77.0 Å². The molecular weight excluding hydrogens is 332 g/mol. The predicted molar refractivity (Wildman–Crippen MR) is 113 cm³/mol. The Labute approximate surface area is 165 Å². The van der Waals surface area contributed by atoms with E-state index >= 15 is 0 Å². The van der Waals surface area contributed by atoms with Gasteiger partial charge in [0.1, 0.15) is 0 Å². The highest BCUT2D eigenvalue weighted by Gasteiger charge is 1.96. The summed E-state index contributed by atoms with van der Waals surface area (Å²) in [5.74, 6) is 0. The lowest BCUT2D eigenvalue weighted by Gasteiger charge is -2.05. The molecule has 2 heterocycles. The van der Waals surface area contributed by atoms with E-state index in [-0.39, 0.29) is 0 Å². The summed E-state index contributed by atoms with van der Waals surface area (Å²) in [6.45, 7) is 1.86. The van der Waals surface area contributed by atoms with Gasteiger partial charge in [0.15, 0.2) is 0 Å². The summed E-state index contributed by atoms with van der Waals surface area (Å²) < 4.78 is 5.77. The molecule has 0 aliphatic heterocycles. The standard InChI is InChI=1S/C24H36N2O/c1(3-7-15-23-17-9-11-19-25-23)5-13-21-27-22-14-6-2-4-8-16-24-18-10-12-20-26-24/h9-12,17-20H,1-8,13-16,21-22H2. The van der Waals surface area contributed by atoms with Crippen LogP contribution in [0.4, 0.5) is 0 Å². The quantitative estimate of drug-likeness (QED) is 0.332. The second kappa shape index (κ2) is 15.3. The van der Waals surface area contributed by atoms with Crippen molar-refractivity contribution in [3.63, 3.8) is 0 Å². The molecule has 0 spiro atoms. The van der Waals surface area contributed by atoms with Crippen LogP contribution in [0.15, 0.2) is 48.8 Å². The Bertz CT molecular complexity index is 508. The molecule has 0 N–H and O–H groups in total. The number of unbranched alkanes of at least 4 members (excludes halogenated alkanes) is 8. The second-order valence-electron chi connectivity index (χ2n) is 7.29. The first-order valence-electron chi connectivity index (χ1n) is 10.8. The van der Waals surface area contributed by atoms with Crippen molar-refractivity contribution in [2.24, 2.45) is 0 Å². The summed E-state index contributed by atoms with van der Waals surface area (Å²) in [4.78, 5) is 8.74. The van der Waals surface area contributed by atoms with E-state index in [1.165, 1.54) is 75.6 Å². The lowest BCUT2D eigenvalue weighted by molar-refractivity contribution is 0.125. The fraction of sp³-hybridized carbons (Fsp3) is 0.583. The molecule has 0 atom stereocenters. The largest absolute Gasteiger partial charge is 0.381 e. The maximum Gasteiger partial charge on any atom is 0.0466 e. The number of aromatic nitrogens is 2. The van der Waals surface area contributed by atoms with Crippen molar-refractivity contribution in [2.75, 3.05) is 13.2 Å². The Morgan fingerprint density at radius 1 is 0.519 bits per heavy atom. The SMILES string of the molecule is c1ccc(CCCCCCCOCCCCCCCc2ccccn2)nc1. The van der Waals surface area contributed by atoms with E-state index in [1.54, 1.807) is 0 Å². The molecule has 0 radical (unpaired) electrons. The van der Waals surface area contributed by atoms with Crippen molar-refractivity contribution >= 4 is 0 Å². The third-order valence-electron chi connectivity index (χ3n) is 4.90. The summed E-state index contributed by atoms with van der Waals surface area (Å²) in [6, 6.07) is 12.3. The van der Waals surface area contributed by atoms with Crippen LogP contribution in [0.3, 0.4) is 0 Å². The Hall–Kier alpha value is -1.74. The van der Waals surface area contributed by atoms with Gasteiger partial charge in [-0.15, -0.1) is 0 Å². The molecule has 3 heteroatoms. The van der Waals surface area contributed by atoms with Crippen molar-refractivity contribution in [1.29, 1.82) is 0 Å². The fourth-order valence-electron chi connectivity index (χ4n) is 3.28. The number of aryl methyl sites for hydroxylation is 2. The fourth-order valence-corrected chi connectivity index (χ4v) is 3.28. The van der Waals surface area contributed by atoms with Gasteiger partial charge in [-0.3, -0.25) is 9.97 Å². The lowest BCUT2D eigenvalue weighted by Crippen LogP contribution is -1.97. The zero-order chi connectivity index (χ0) is 18.8. The molecule has 0 fully saturated rings. The van der Waals surface area contributed by atoms with E-state index in [0.29, 0.717) is 0 Å². The molecule has 2 rings (SSSR count). The molecule has 0 amide bonds. The number of ether oxygens (including phenoxy) is 1. The average Bonchev–Trinajstić information content (AvgIpc) is 2.72. The van der Waals surface area contributed by atoms with Crippen LogP contribution in [0.25, 0.3) is 0 Å². The molecule has 0 saturated carbocycles. The van der Waals surface area contributed by atoms with Gasteiger partial charge in [-0.1, -0.05) is 50.7 Å². The number of pyridine rings is 2. The zero-order valence-electron chi connectivity index (χ0n) is 16.8. The summed E-state index contributed by atoms with van der Waals surface area (Å²) in [7, 11) is 0. The number of hydrogen-bond donors (Lipinski definition) is 0. The Kier molecular flexibility index (Phi) is 12.2. The first kappa shape index (κ1) is 21.6. The molecule has 0 unspecified atom stereocenters. The van der Waals surface area contributed by atoms with E-state index in [1.807, 2.05) is 24.5 Å². The third kappa shape index (κ3) is 11.6. The highest BCUT2D eigenvalue weighted by Crippen LogP contribution is 2.09. The molecule has 0 aliphatic rings. The average molecular weight is 369 g/mol. The van der Waals surface area contributed by atoms with Crippen LogP contribution < -0.4 is 0 Å². The van der Waals surface area contributed by atoms with Gasteiger partial charge in [-0.2, -0.15) is 0 Å². The van der Waals surface area contributed by atoms with Gasteiger partial charge in [0.05, 0.1) is 0 Å². The van der Waals surface area contributed by atoms with Crippen LogP contribution in [-0.2, 0) is 17.6 Å². The van der Waals surface area contributed by atoms with E-state index in [0.717, 1.165) is 26.1 Å². The first-order valence-corrected chi connectivity index (χ1v) is 10.8. The first-order chi connectivity index (χ1) is 13.4. The predicted octanol–water partition coefficient (Wildman–Crippen LogP) is 6.18. The molecule has 0 saturated heterocycles. The highest BCUT2D eigenvalue weighted by molar-refractivity contribution is 5.03. The Morgan fingerprint density at radius 2 is 0.963 bits per heavy atom. The van der Waals surface area contributed by atoms with Crippen LogP contribution in [-0.4, -0.2) is 23.2 Å². The minimum absolute atomic E-state index is 0.930. The monoisotopic (exact) mass is 368 g/mol. The number of hydrogen-bond acceptors (Lipinski definition) is 3. The normalized spacial score (nSPS) is 11.0. The number of nitrogens with zero attached hydrogens (tertiary/aromatic N) is 2. The van der Waals surface area contributed by atoms with E-state index in [9.17, 15) is 0 Å². The second-order valence-corrected chi connectivity index (χ2v) is 7.29. The molecule has 2 aromatic rings. The number of rotatable bonds is 16. The minimum Gasteiger partial charge on any atom is -0.381 e. The smallest absolute Gasteiger partial charge is 0.0466 e. The van der Waals surface area contributed by atoms with Gasteiger partial charge in [0, 0.05) is 37.0 Å². The van der Waals surface area contributed by atoms with Crippen molar-refractivity contribution in [3.8, 4) is 0 Å². The molecule has 0 bridgehead atoms. The van der Waals surface area contributed by atoms with E-state index in [2.05, 4.69) is 34.2 Å². The van der Waals surface area contributed by atoms with Gasteiger partial charge in [0.25, 0.3) is 0 Å². The van der Waals surface area contributed by atoms with Crippen LogP contribution >= 0.6 is 0 Å². The Morgan fingerprint density at radius 3 is 1.41 bits per heavy atom. The highest BCUT2D eigenvalue weighted by atomic mass is 16.5. The topological polar surface area (TPSA) is 35.0 Å². The van der Waals surface area contributed by atoms with Crippen LogP contribution in [0.1, 0.15) is 75.6 Å². The van der Waals surface area contributed by atoms with Crippen molar-refractivity contribution in [1.82, 2.24) is 9.97 Å². The van der Waals surface area contributed by atoms with Gasteiger partial charge in [0.2, 0.25) is 0 Å². The van der Waals surface area contributed by atoms with Gasteiger partial charge >= 0.3 is 0 Å². The van der Waals surface area contributed by atoms with E-state index < -0.39 is 0 Å². The molecular formula is C24H36N2O. The molecule has 3 nitrogen and oxygen atoms in total. The maximum absolute atomic E-state index is 5.77. The van der Waals surface area contributed by atoms with E-state index in [4.69, 9.17) is 4.74 Å². The summed E-state index contributed by atoms with van der Waals surface area (Å²) in [6.07, 6.45) is 18.7. The van der Waals surface area contributed by atoms with Crippen molar-refractivity contribution < 1.29 is 4.74 Å². The van der Waals surface area contributed by atoms with Gasteiger partial charge in [-0.25, -0.2) is 0 Å². The van der Waals surface area contributed by atoms with Gasteiger partial charge < -0.3 is 4.74 Å². The van der Waals surface area contributed by atoms with Gasteiger partial charge in [-0.05, 0) is 62.8 Å². The maximum atomic E-state index is 5.77. The lowest BCUT2D eigenvalue weighted by atomic mass is 10.1. The Balaban J connectivity index is 1.26. The minimum atomic E-state index is 0.930. The molecule has 148 valence electrons. The molecule has 0 aromatic carbocycles. The zero-order valence-corrected chi connectivity index (χ0v) is 16.8. The van der Waals surface area contributed by atoms with Crippen molar-refractivity contribution in [3.05, 3.63) is 60.2 Å². The summed E-state index contributed by atoms with van der Waals surface area (Å²) in [5, 5.41) is 0. The third-order valence-corrected chi connectivity index (χ3v) is 4.90. The summed E-state index contributed by atoms with van der Waals surface area (Å²) >= 11 is 0. The van der Waals surface area contributed by atoms with Crippen LogP contribution in [0.2, 0.25) is 0 Å². The van der Waals surface area contributed by atoms with Crippen LogP contribution in [0.5, 0.6) is 0 Å². The molecule has 27 heavy (non-hydrogen) atoms. The molecule has 0 aliphatic carbocycles.